The molecule has 1 N–H and O–H groups in total. The Labute approximate surface area is 97.1 Å². The highest BCUT2D eigenvalue weighted by Crippen LogP contribution is 2.09. The van der Waals surface area contributed by atoms with Gasteiger partial charge in [0.1, 0.15) is 12.7 Å². The molecule has 0 unspecified atom stereocenters. The fourth-order valence-corrected chi connectivity index (χ4v) is 1.04. The van der Waals surface area contributed by atoms with Gasteiger partial charge in [-0.05, 0) is 0 Å². The fraction of sp³-hybridized carbons (Fsp3) is 0.222. The fourth-order valence-electron chi connectivity index (χ4n) is 1.04. The lowest BCUT2D eigenvalue weighted by Crippen LogP contribution is -2.09. The van der Waals surface area contributed by atoms with Crippen LogP contribution in [0.1, 0.15) is 0 Å². The highest BCUT2D eigenvalue weighted by molar-refractivity contribution is 5.28. The largest absolute Gasteiger partial charge is 0.450 e. The number of aromatic nitrogens is 6. The molecule has 0 radical (unpaired) electrons. The molecule has 2 aromatic rings. The van der Waals surface area contributed by atoms with E-state index in [1.165, 1.54) is 17.3 Å². The van der Waals surface area contributed by atoms with Crippen LogP contribution in [-0.4, -0.2) is 43.4 Å². The van der Waals surface area contributed by atoms with Gasteiger partial charge in [-0.2, -0.15) is 24.7 Å². The third kappa shape index (κ3) is 2.46. The molecule has 0 aromatic carbocycles. The standard InChI is InChI=1S/C9H9N7O/c1-3-4-17-9-14-7(10-2)13-8(15-9)16-6-11-5-12-16/h1,5-6H,4H2,2H3,(H,10,13,14,15). The molecule has 2 aromatic heterocycles. The summed E-state index contributed by atoms with van der Waals surface area (Å²) in [5.74, 6) is 2.99. The molecule has 0 fully saturated rings. The Bertz CT molecular complexity index is 531. The van der Waals surface area contributed by atoms with E-state index in [4.69, 9.17) is 11.2 Å². The van der Waals surface area contributed by atoms with Crippen LogP contribution in [0.15, 0.2) is 12.7 Å². The van der Waals surface area contributed by atoms with Crippen LogP contribution in [0.3, 0.4) is 0 Å². The van der Waals surface area contributed by atoms with Gasteiger partial charge in [0.05, 0.1) is 0 Å². The second-order valence-electron chi connectivity index (χ2n) is 2.82. The number of nitrogens with one attached hydrogen (secondary N) is 1. The lowest BCUT2D eigenvalue weighted by Gasteiger charge is -2.05. The summed E-state index contributed by atoms with van der Waals surface area (Å²) < 4.78 is 6.53. The van der Waals surface area contributed by atoms with Crippen molar-refractivity contribution in [3.63, 3.8) is 0 Å². The summed E-state index contributed by atoms with van der Waals surface area (Å²) in [5.41, 5.74) is 0. The number of hydrogen-bond acceptors (Lipinski definition) is 7. The Morgan fingerprint density at radius 3 is 3.00 bits per heavy atom. The van der Waals surface area contributed by atoms with Crippen LogP contribution in [0.4, 0.5) is 5.95 Å². The van der Waals surface area contributed by atoms with Gasteiger partial charge in [-0.3, -0.25) is 0 Å². The minimum atomic E-state index is 0.0873. The second kappa shape index (κ2) is 4.89. The van der Waals surface area contributed by atoms with Crippen LogP contribution >= 0.6 is 0 Å². The van der Waals surface area contributed by atoms with Gasteiger partial charge >= 0.3 is 6.01 Å². The Balaban J connectivity index is 2.36. The Kier molecular flexibility index (Phi) is 3.11. The molecule has 8 nitrogen and oxygen atoms in total. The summed E-state index contributed by atoms with van der Waals surface area (Å²) in [6.07, 6.45) is 7.94. The van der Waals surface area contributed by atoms with Crippen LogP contribution in [0, 0.1) is 12.3 Å². The quantitative estimate of drug-likeness (QED) is 0.709. The van der Waals surface area contributed by atoms with Crippen LogP contribution in [-0.2, 0) is 0 Å². The molecule has 0 atom stereocenters. The lowest BCUT2D eigenvalue weighted by molar-refractivity contribution is 0.338. The molecule has 2 rings (SSSR count). The van der Waals surface area contributed by atoms with Gasteiger partial charge in [0, 0.05) is 7.05 Å². The van der Waals surface area contributed by atoms with Gasteiger partial charge in [0.25, 0.3) is 5.95 Å². The first-order valence-electron chi connectivity index (χ1n) is 4.68. The molecule has 0 bridgehead atoms. The zero-order valence-corrected chi connectivity index (χ0v) is 9.03. The maximum Gasteiger partial charge on any atom is 0.324 e. The Morgan fingerprint density at radius 2 is 2.35 bits per heavy atom. The van der Waals surface area contributed by atoms with Crippen molar-refractivity contribution < 1.29 is 4.74 Å². The molecule has 0 aliphatic carbocycles. The molecule has 0 spiro atoms. The molecule has 0 saturated heterocycles. The van der Waals surface area contributed by atoms with E-state index < -0.39 is 0 Å². The minimum Gasteiger partial charge on any atom is -0.450 e. The summed E-state index contributed by atoms with van der Waals surface area (Å²) >= 11 is 0. The Hall–Kier alpha value is -2.69. The van der Waals surface area contributed by atoms with Crippen molar-refractivity contribution in [1.82, 2.24) is 29.7 Å². The van der Waals surface area contributed by atoms with Gasteiger partial charge in [-0.25, -0.2) is 4.98 Å². The predicted octanol–water partition coefficient (Wildman–Crippen LogP) is -0.494. The van der Waals surface area contributed by atoms with E-state index >= 15 is 0 Å². The highest BCUT2D eigenvalue weighted by atomic mass is 16.5. The van der Waals surface area contributed by atoms with Gasteiger partial charge in [-0.1, -0.05) is 5.92 Å². The van der Waals surface area contributed by atoms with E-state index in [0.29, 0.717) is 11.9 Å². The smallest absolute Gasteiger partial charge is 0.324 e. The number of hydrogen-bond donors (Lipinski definition) is 1. The zero-order chi connectivity index (χ0) is 12.1. The molecule has 2 heterocycles. The van der Waals surface area contributed by atoms with Crippen LogP contribution < -0.4 is 10.1 Å². The number of rotatable bonds is 4. The maximum absolute atomic E-state index is 5.14. The van der Waals surface area contributed by atoms with Gasteiger partial charge in [0.2, 0.25) is 5.95 Å². The average Bonchev–Trinajstić information content (AvgIpc) is 2.89. The van der Waals surface area contributed by atoms with Crippen molar-refractivity contribution in [2.24, 2.45) is 0 Å². The first-order chi connectivity index (χ1) is 8.33. The van der Waals surface area contributed by atoms with Crippen molar-refractivity contribution in [1.29, 1.82) is 0 Å². The van der Waals surface area contributed by atoms with E-state index in [1.54, 1.807) is 7.05 Å². The minimum absolute atomic E-state index is 0.0873. The van der Waals surface area contributed by atoms with Gasteiger partial charge < -0.3 is 10.1 Å². The molecule has 0 saturated carbocycles. The predicted molar refractivity (Wildman–Crippen MR) is 58.6 cm³/mol. The first kappa shape index (κ1) is 10.8. The number of terminal acetylenes is 1. The van der Waals surface area contributed by atoms with Gasteiger partial charge in [0.15, 0.2) is 6.61 Å². The first-order valence-corrected chi connectivity index (χ1v) is 4.68. The summed E-state index contributed by atoms with van der Waals surface area (Å²) in [7, 11) is 1.69. The summed E-state index contributed by atoms with van der Waals surface area (Å²) in [6, 6.07) is 0.132. The molecular weight excluding hydrogens is 222 g/mol. The van der Waals surface area contributed by atoms with Crippen molar-refractivity contribution in [3.05, 3.63) is 12.7 Å². The van der Waals surface area contributed by atoms with Crippen LogP contribution in [0.5, 0.6) is 6.01 Å². The topological polar surface area (TPSA) is 90.6 Å². The van der Waals surface area contributed by atoms with E-state index in [1.807, 2.05) is 0 Å². The lowest BCUT2D eigenvalue weighted by atomic mass is 10.7. The van der Waals surface area contributed by atoms with Crippen molar-refractivity contribution >= 4 is 5.95 Å². The molecule has 86 valence electrons. The maximum atomic E-state index is 5.14. The molecule has 0 amide bonds. The average molecular weight is 231 g/mol. The van der Waals surface area contributed by atoms with Crippen molar-refractivity contribution in [3.8, 4) is 24.3 Å². The van der Waals surface area contributed by atoms with E-state index in [2.05, 4.69) is 36.3 Å². The van der Waals surface area contributed by atoms with Crippen molar-refractivity contribution in [2.45, 2.75) is 0 Å². The number of nitrogens with zero attached hydrogens (tertiary/aromatic N) is 6. The SMILES string of the molecule is C#CCOc1nc(NC)nc(-n2cncn2)n1. The molecule has 0 aliphatic rings. The third-order valence-electron chi connectivity index (χ3n) is 1.73. The van der Waals surface area contributed by atoms with E-state index in [9.17, 15) is 0 Å². The molecule has 17 heavy (non-hydrogen) atoms. The van der Waals surface area contributed by atoms with E-state index in [-0.39, 0.29) is 12.6 Å². The number of ether oxygens (including phenoxy) is 1. The summed E-state index contributed by atoms with van der Waals surface area (Å²) in [4.78, 5) is 15.9. The third-order valence-corrected chi connectivity index (χ3v) is 1.73. The van der Waals surface area contributed by atoms with Crippen LogP contribution in [0.25, 0.3) is 5.95 Å². The number of anilines is 1. The van der Waals surface area contributed by atoms with Gasteiger partial charge in [-0.15, -0.1) is 6.42 Å². The van der Waals surface area contributed by atoms with Crippen LogP contribution in [0.2, 0.25) is 0 Å². The molecule has 8 heteroatoms. The van der Waals surface area contributed by atoms with E-state index in [0.717, 1.165) is 0 Å². The summed E-state index contributed by atoms with van der Waals surface area (Å²) in [6.45, 7) is 0.0873. The molecular formula is C9H9N7O. The normalized spacial score (nSPS) is 9.65. The molecule has 0 aliphatic heterocycles. The zero-order valence-electron chi connectivity index (χ0n) is 9.03. The monoisotopic (exact) mass is 231 g/mol. The summed E-state index contributed by atoms with van der Waals surface area (Å²) in [5, 5.41) is 6.70. The van der Waals surface area contributed by atoms with Crippen molar-refractivity contribution in [2.75, 3.05) is 19.0 Å². The second-order valence-corrected chi connectivity index (χ2v) is 2.82. The highest BCUT2D eigenvalue weighted by Gasteiger charge is 2.08. The Morgan fingerprint density at radius 1 is 1.47 bits per heavy atom.